The van der Waals surface area contributed by atoms with E-state index in [2.05, 4.69) is 20.1 Å². The van der Waals surface area contributed by atoms with Crippen molar-refractivity contribution in [2.75, 3.05) is 5.73 Å². The van der Waals surface area contributed by atoms with Crippen LogP contribution in [0.2, 0.25) is 0 Å². The van der Waals surface area contributed by atoms with Gasteiger partial charge in [0.2, 0.25) is 0 Å². The van der Waals surface area contributed by atoms with Crippen molar-refractivity contribution >= 4 is 23.4 Å². The van der Waals surface area contributed by atoms with Gasteiger partial charge in [-0.05, 0) is 0 Å². The number of halogens is 1. The zero-order valence-electron chi connectivity index (χ0n) is 11.0. The highest BCUT2D eigenvalue weighted by Gasteiger charge is 2.21. The molecule has 21 heavy (non-hydrogen) atoms. The van der Waals surface area contributed by atoms with Crippen molar-refractivity contribution in [3.05, 3.63) is 29.7 Å². The molecule has 0 aliphatic carbocycles. The lowest BCUT2D eigenvalue weighted by atomic mass is 10.2. The highest BCUT2D eigenvalue weighted by atomic mass is 19.1. The molecule has 0 atom stereocenters. The number of nitrogens with zero attached hydrogens (tertiary/aromatic N) is 5. The van der Waals surface area contributed by atoms with Gasteiger partial charge in [-0.3, -0.25) is 10.1 Å². The molecular formula is C12H11FN8. The third-order valence-electron chi connectivity index (χ3n) is 2.96. The van der Waals surface area contributed by atoms with E-state index < -0.39 is 5.82 Å². The van der Waals surface area contributed by atoms with Gasteiger partial charge in [0.15, 0.2) is 23.3 Å². The normalized spacial score (nSPS) is 14.3. The fourth-order valence-electron chi connectivity index (χ4n) is 1.89. The minimum atomic E-state index is -0.726. The predicted octanol–water partition coefficient (Wildman–Crippen LogP) is 0.330. The minimum Gasteiger partial charge on any atom is -0.395 e. The second-order valence-corrected chi connectivity index (χ2v) is 4.43. The Kier molecular flexibility index (Phi) is 2.75. The molecule has 0 amide bonds. The number of aryl methyl sites for hydroxylation is 1. The maximum atomic E-state index is 14.1. The third-order valence-corrected chi connectivity index (χ3v) is 2.96. The number of nitrogens with one attached hydrogen (secondary N) is 1. The van der Waals surface area contributed by atoms with E-state index in [4.69, 9.17) is 16.9 Å². The van der Waals surface area contributed by atoms with E-state index in [0.717, 1.165) is 0 Å². The van der Waals surface area contributed by atoms with E-state index in [-0.39, 0.29) is 28.9 Å². The summed E-state index contributed by atoms with van der Waals surface area (Å²) in [6.45, 7) is 0. The lowest BCUT2D eigenvalue weighted by Gasteiger charge is -2.06. The van der Waals surface area contributed by atoms with Crippen molar-refractivity contribution in [2.45, 2.75) is 0 Å². The first-order valence-electron chi connectivity index (χ1n) is 5.92. The number of anilines is 1. The summed E-state index contributed by atoms with van der Waals surface area (Å²) in [5.74, 6) is -0.988. The Morgan fingerprint density at radius 1 is 1.29 bits per heavy atom. The van der Waals surface area contributed by atoms with Gasteiger partial charge in [-0.2, -0.15) is 5.10 Å². The summed E-state index contributed by atoms with van der Waals surface area (Å²) in [5.41, 5.74) is 12.3. The van der Waals surface area contributed by atoms with Crippen molar-refractivity contribution in [2.24, 2.45) is 17.8 Å². The predicted molar refractivity (Wildman–Crippen MR) is 75.9 cm³/mol. The van der Waals surface area contributed by atoms with Gasteiger partial charge in [0, 0.05) is 25.0 Å². The largest absolute Gasteiger partial charge is 0.395 e. The summed E-state index contributed by atoms with van der Waals surface area (Å²) in [5, 5.41) is 11.5. The van der Waals surface area contributed by atoms with Crippen LogP contribution in [0.15, 0.2) is 23.1 Å². The molecule has 1 aliphatic heterocycles. The number of aliphatic imine (C=N–C) groups is 1. The van der Waals surface area contributed by atoms with Gasteiger partial charge < -0.3 is 11.5 Å². The van der Waals surface area contributed by atoms with Crippen molar-refractivity contribution in [1.29, 1.82) is 5.41 Å². The highest BCUT2D eigenvalue weighted by Crippen LogP contribution is 2.26. The van der Waals surface area contributed by atoms with Gasteiger partial charge in [0.05, 0.1) is 17.5 Å². The molecule has 0 saturated heterocycles. The zero-order chi connectivity index (χ0) is 15.1. The number of rotatable bonds is 2. The number of aromatic nitrogens is 4. The quantitative estimate of drug-likeness (QED) is 0.731. The molecule has 0 fully saturated rings. The SMILES string of the molecule is Cn1cc(-c2nc(C3=C(N)C(=N)N=C3)nc(N)c2F)cn1. The first-order chi connectivity index (χ1) is 9.97. The van der Waals surface area contributed by atoms with Gasteiger partial charge >= 0.3 is 0 Å². The van der Waals surface area contributed by atoms with E-state index >= 15 is 0 Å². The first-order valence-corrected chi connectivity index (χ1v) is 5.92. The molecule has 2 aromatic heterocycles. The van der Waals surface area contributed by atoms with Gasteiger partial charge in [-0.15, -0.1) is 0 Å². The van der Waals surface area contributed by atoms with Crippen molar-refractivity contribution in [3.63, 3.8) is 0 Å². The lowest BCUT2D eigenvalue weighted by molar-refractivity contribution is 0.623. The van der Waals surface area contributed by atoms with Gasteiger partial charge in [0.25, 0.3) is 0 Å². The van der Waals surface area contributed by atoms with Crippen LogP contribution in [0.4, 0.5) is 10.2 Å². The zero-order valence-corrected chi connectivity index (χ0v) is 11.0. The molecule has 9 heteroatoms. The van der Waals surface area contributed by atoms with E-state index in [9.17, 15) is 4.39 Å². The van der Waals surface area contributed by atoms with E-state index in [1.807, 2.05) is 0 Å². The molecule has 0 spiro atoms. The minimum absolute atomic E-state index is 0.0257. The average Bonchev–Trinajstić information content (AvgIpc) is 3.01. The Hall–Kier alpha value is -3.10. The van der Waals surface area contributed by atoms with Crippen LogP contribution in [0.3, 0.4) is 0 Å². The van der Waals surface area contributed by atoms with Gasteiger partial charge in [0.1, 0.15) is 5.69 Å². The Balaban J connectivity index is 2.20. The smallest absolute Gasteiger partial charge is 0.191 e. The molecular weight excluding hydrogens is 275 g/mol. The monoisotopic (exact) mass is 286 g/mol. The maximum absolute atomic E-state index is 14.1. The van der Waals surface area contributed by atoms with Crippen LogP contribution in [0.1, 0.15) is 5.82 Å². The van der Waals surface area contributed by atoms with E-state index in [0.29, 0.717) is 11.1 Å². The Morgan fingerprint density at radius 2 is 2.05 bits per heavy atom. The summed E-state index contributed by atoms with van der Waals surface area (Å²) in [7, 11) is 1.71. The topological polar surface area (TPSA) is 132 Å². The number of hydrogen-bond donors (Lipinski definition) is 3. The summed E-state index contributed by atoms with van der Waals surface area (Å²) in [4.78, 5) is 11.8. The van der Waals surface area contributed by atoms with Gasteiger partial charge in [-0.1, -0.05) is 0 Å². The Morgan fingerprint density at radius 3 is 2.62 bits per heavy atom. The van der Waals surface area contributed by atoms with E-state index in [1.165, 1.54) is 17.1 Å². The molecule has 1 aliphatic rings. The fourth-order valence-corrected chi connectivity index (χ4v) is 1.89. The number of nitrogens with two attached hydrogens (primary N) is 2. The van der Waals surface area contributed by atoms with E-state index in [1.54, 1.807) is 13.2 Å². The molecule has 3 heterocycles. The summed E-state index contributed by atoms with van der Waals surface area (Å²) >= 11 is 0. The molecule has 5 N–H and O–H groups in total. The molecule has 2 aromatic rings. The fraction of sp³-hybridized carbons (Fsp3) is 0.0833. The molecule has 0 saturated carbocycles. The second kappa shape index (κ2) is 4.47. The number of allylic oxidation sites excluding steroid dienone is 1. The van der Waals surface area contributed by atoms with Crippen LogP contribution < -0.4 is 11.5 Å². The summed E-state index contributed by atoms with van der Waals surface area (Å²) < 4.78 is 15.6. The number of amidine groups is 1. The number of nitrogen functional groups attached to an aromatic ring is 1. The summed E-state index contributed by atoms with van der Waals surface area (Å²) in [6.07, 6.45) is 4.44. The lowest BCUT2D eigenvalue weighted by Crippen LogP contribution is -2.10. The van der Waals surface area contributed by atoms with Crippen LogP contribution in [0.25, 0.3) is 16.8 Å². The Labute approximate surface area is 118 Å². The molecule has 8 nitrogen and oxygen atoms in total. The highest BCUT2D eigenvalue weighted by molar-refractivity contribution is 6.26. The standard InChI is InChI=1S/C12H11FN8/c1-21-4-5(2-18-21)9-7(13)10(15)20-12(19-9)6-3-17-11(16)8(6)14/h2-4H,1H3,(H3,14,16,17)(H2,15,19,20). The van der Waals surface area contributed by atoms with Crippen molar-refractivity contribution in [3.8, 4) is 11.3 Å². The van der Waals surface area contributed by atoms with Gasteiger partial charge in [-0.25, -0.2) is 19.4 Å². The maximum Gasteiger partial charge on any atom is 0.191 e. The molecule has 0 bridgehead atoms. The Bertz CT molecular complexity index is 817. The van der Waals surface area contributed by atoms with Crippen LogP contribution in [0.5, 0.6) is 0 Å². The molecule has 106 valence electrons. The van der Waals surface area contributed by atoms with Crippen molar-refractivity contribution in [1.82, 2.24) is 19.7 Å². The first kappa shape index (κ1) is 12.9. The van der Waals surface area contributed by atoms with Crippen LogP contribution in [0, 0.1) is 11.2 Å². The van der Waals surface area contributed by atoms with Crippen LogP contribution in [-0.2, 0) is 7.05 Å². The third kappa shape index (κ3) is 2.04. The molecule has 3 rings (SSSR count). The summed E-state index contributed by atoms with van der Waals surface area (Å²) in [6, 6.07) is 0. The number of hydrogen-bond acceptors (Lipinski definition) is 6. The second-order valence-electron chi connectivity index (χ2n) is 4.43. The molecule has 0 radical (unpaired) electrons. The van der Waals surface area contributed by atoms with Crippen LogP contribution >= 0.6 is 0 Å². The molecule has 0 aromatic carbocycles. The van der Waals surface area contributed by atoms with Crippen molar-refractivity contribution < 1.29 is 4.39 Å². The van der Waals surface area contributed by atoms with Crippen LogP contribution in [-0.4, -0.2) is 31.8 Å². The average molecular weight is 286 g/mol. The molecule has 0 unspecified atom stereocenters.